The maximum atomic E-state index is 4.00. The smallest absolute Gasteiger partial charge is 0.0270 e. The average molecular weight is 177 g/mol. The Morgan fingerprint density at radius 2 is 2.15 bits per heavy atom. The maximum Gasteiger partial charge on any atom is 0.0270 e. The molecule has 0 amide bonds. The van der Waals surface area contributed by atoms with Crippen LogP contribution in [0, 0.1) is 0 Å². The fourth-order valence-corrected chi connectivity index (χ4v) is 1.66. The van der Waals surface area contributed by atoms with Crippen LogP contribution in [0.3, 0.4) is 0 Å². The van der Waals surface area contributed by atoms with Crippen molar-refractivity contribution in [3.8, 4) is 0 Å². The minimum Gasteiger partial charge on any atom is -0.314 e. The largest absolute Gasteiger partial charge is 0.314 e. The van der Waals surface area contributed by atoms with Crippen molar-refractivity contribution in [2.24, 2.45) is 0 Å². The molecular formula is C10H15N3. The number of nitrogens with zero attached hydrogens (tertiary/aromatic N) is 1. The van der Waals surface area contributed by atoms with Gasteiger partial charge in [0.05, 0.1) is 0 Å². The predicted octanol–water partition coefficient (Wildman–Crippen LogP) is 0.185. The summed E-state index contributed by atoms with van der Waals surface area (Å²) in [5, 5.41) is 6.86. The number of hydrogen-bond donors (Lipinski definition) is 2. The third kappa shape index (κ3) is 2.50. The molecule has 1 aromatic heterocycles. The van der Waals surface area contributed by atoms with E-state index in [4.69, 9.17) is 0 Å². The zero-order valence-corrected chi connectivity index (χ0v) is 7.66. The second-order valence-electron chi connectivity index (χ2n) is 3.41. The number of piperazine rings is 1. The monoisotopic (exact) mass is 177 g/mol. The summed E-state index contributed by atoms with van der Waals surface area (Å²) in [5.74, 6) is 0. The van der Waals surface area contributed by atoms with Crippen molar-refractivity contribution in [3.05, 3.63) is 30.1 Å². The average Bonchev–Trinajstić information content (AvgIpc) is 2.21. The summed E-state index contributed by atoms with van der Waals surface area (Å²) < 4.78 is 0. The summed E-state index contributed by atoms with van der Waals surface area (Å²) in [6.45, 7) is 3.24. The number of hydrogen-bond acceptors (Lipinski definition) is 3. The van der Waals surface area contributed by atoms with E-state index in [-0.39, 0.29) is 0 Å². The SMILES string of the molecule is c1cc(C[C@@H]2CNCCN2)ccn1. The molecule has 2 N–H and O–H groups in total. The molecule has 1 saturated heterocycles. The number of rotatable bonds is 2. The zero-order valence-electron chi connectivity index (χ0n) is 7.66. The van der Waals surface area contributed by atoms with E-state index in [1.54, 1.807) is 0 Å². The number of pyridine rings is 1. The van der Waals surface area contributed by atoms with Crippen LogP contribution in [0.1, 0.15) is 5.56 Å². The molecule has 0 unspecified atom stereocenters. The first-order valence-electron chi connectivity index (χ1n) is 4.78. The molecule has 0 bridgehead atoms. The highest BCUT2D eigenvalue weighted by Gasteiger charge is 2.11. The molecule has 13 heavy (non-hydrogen) atoms. The first-order valence-corrected chi connectivity index (χ1v) is 4.78. The molecule has 0 aliphatic carbocycles. The van der Waals surface area contributed by atoms with Gasteiger partial charge in [0, 0.05) is 38.1 Å². The topological polar surface area (TPSA) is 37.0 Å². The highest BCUT2D eigenvalue weighted by Crippen LogP contribution is 2.02. The summed E-state index contributed by atoms with van der Waals surface area (Å²) in [4.78, 5) is 4.00. The fourth-order valence-electron chi connectivity index (χ4n) is 1.66. The third-order valence-electron chi connectivity index (χ3n) is 2.36. The summed E-state index contributed by atoms with van der Waals surface area (Å²) in [6.07, 6.45) is 4.80. The van der Waals surface area contributed by atoms with E-state index in [9.17, 15) is 0 Å². The van der Waals surface area contributed by atoms with Gasteiger partial charge < -0.3 is 10.6 Å². The first-order chi connectivity index (χ1) is 6.45. The quantitative estimate of drug-likeness (QED) is 0.677. The lowest BCUT2D eigenvalue weighted by Gasteiger charge is -2.24. The number of aromatic nitrogens is 1. The lowest BCUT2D eigenvalue weighted by atomic mass is 10.1. The molecule has 1 fully saturated rings. The molecule has 1 aliphatic heterocycles. The summed E-state index contributed by atoms with van der Waals surface area (Å²) >= 11 is 0. The van der Waals surface area contributed by atoms with E-state index in [0.717, 1.165) is 26.1 Å². The van der Waals surface area contributed by atoms with Crippen LogP contribution in [0.25, 0.3) is 0 Å². The molecule has 2 rings (SSSR count). The summed E-state index contributed by atoms with van der Waals surface area (Å²) in [6, 6.07) is 4.74. The van der Waals surface area contributed by atoms with Gasteiger partial charge in [0.2, 0.25) is 0 Å². The van der Waals surface area contributed by atoms with Crippen molar-refractivity contribution < 1.29 is 0 Å². The van der Waals surface area contributed by atoms with Crippen LogP contribution in [0.15, 0.2) is 24.5 Å². The van der Waals surface area contributed by atoms with Gasteiger partial charge in [0.15, 0.2) is 0 Å². The lowest BCUT2D eigenvalue weighted by Crippen LogP contribution is -2.49. The molecule has 3 nitrogen and oxygen atoms in total. The van der Waals surface area contributed by atoms with Gasteiger partial charge >= 0.3 is 0 Å². The standard InChI is InChI=1S/C10H15N3/c1-3-11-4-2-9(1)7-10-8-12-5-6-13-10/h1-4,10,12-13H,5-8H2/t10-/m1/s1. The van der Waals surface area contributed by atoms with Crippen molar-refractivity contribution in [3.63, 3.8) is 0 Å². The Bertz CT molecular complexity index is 242. The van der Waals surface area contributed by atoms with Gasteiger partial charge in [-0.15, -0.1) is 0 Å². The van der Waals surface area contributed by atoms with Crippen molar-refractivity contribution in [1.29, 1.82) is 0 Å². The van der Waals surface area contributed by atoms with Gasteiger partial charge in [-0.05, 0) is 24.1 Å². The molecule has 1 aliphatic rings. The first kappa shape index (κ1) is 8.66. The van der Waals surface area contributed by atoms with Crippen molar-refractivity contribution in [1.82, 2.24) is 15.6 Å². The maximum absolute atomic E-state index is 4.00. The van der Waals surface area contributed by atoms with Crippen LogP contribution in [-0.2, 0) is 6.42 Å². The van der Waals surface area contributed by atoms with E-state index < -0.39 is 0 Å². The Morgan fingerprint density at radius 3 is 2.85 bits per heavy atom. The second kappa shape index (κ2) is 4.35. The second-order valence-corrected chi connectivity index (χ2v) is 3.41. The van der Waals surface area contributed by atoms with E-state index in [2.05, 4.69) is 27.8 Å². The highest BCUT2D eigenvalue weighted by atomic mass is 15.0. The molecule has 0 spiro atoms. The molecule has 0 saturated carbocycles. The van der Waals surface area contributed by atoms with Gasteiger partial charge in [-0.2, -0.15) is 0 Å². The molecule has 0 radical (unpaired) electrons. The van der Waals surface area contributed by atoms with Crippen molar-refractivity contribution in [2.75, 3.05) is 19.6 Å². The Morgan fingerprint density at radius 1 is 1.31 bits per heavy atom. The van der Waals surface area contributed by atoms with Crippen molar-refractivity contribution >= 4 is 0 Å². The fraction of sp³-hybridized carbons (Fsp3) is 0.500. The third-order valence-corrected chi connectivity index (χ3v) is 2.36. The summed E-state index contributed by atoms with van der Waals surface area (Å²) in [7, 11) is 0. The Balaban J connectivity index is 1.90. The van der Waals surface area contributed by atoms with E-state index in [0.29, 0.717) is 6.04 Å². The normalized spacial score (nSPS) is 22.9. The number of nitrogens with one attached hydrogen (secondary N) is 2. The van der Waals surface area contributed by atoms with Gasteiger partial charge in [-0.3, -0.25) is 4.98 Å². The van der Waals surface area contributed by atoms with Crippen LogP contribution >= 0.6 is 0 Å². The predicted molar refractivity (Wildman–Crippen MR) is 52.6 cm³/mol. The van der Waals surface area contributed by atoms with Crippen LogP contribution in [0.2, 0.25) is 0 Å². The lowest BCUT2D eigenvalue weighted by molar-refractivity contribution is 0.416. The van der Waals surface area contributed by atoms with Gasteiger partial charge in [-0.25, -0.2) is 0 Å². The minimum atomic E-state index is 0.580. The van der Waals surface area contributed by atoms with E-state index >= 15 is 0 Å². The van der Waals surface area contributed by atoms with Crippen molar-refractivity contribution in [2.45, 2.75) is 12.5 Å². The molecule has 1 atom stereocenters. The molecule has 70 valence electrons. The van der Waals surface area contributed by atoms with Crippen LogP contribution < -0.4 is 10.6 Å². The molecule has 2 heterocycles. The Kier molecular flexibility index (Phi) is 2.90. The minimum absolute atomic E-state index is 0.580. The zero-order chi connectivity index (χ0) is 8.93. The van der Waals surface area contributed by atoms with Crippen LogP contribution in [0.5, 0.6) is 0 Å². The molecule has 0 aromatic carbocycles. The summed E-state index contributed by atoms with van der Waals surface area (Å²) in [5.41, 5.74) is 1.36. The van der Waals surface area contributed by atoms with Gasteiger partial charge in [-0.1, -0.05) is 0 Å². The van der Waals surface area contributed by atoms with E-state index in [1.165, 1.54) is 5.56 Å². The van der Waals surface area contributed by atoms with Gasteiger partial charge in [0.25, 0.3) is 0 Å². The Labute approximate surface area is 78.6 Å². The highest BCUT2D eigenvalue weighted by molar-refractivity contribution is 5.11. The molecule has 1 aromatic rings. The molecule has 3 heteroatoms. The molecular weight excluding hydrogens is 162 g/mol. The van der Waals surface area contributed by atoms with Gasteiger partial charge in [0.1, 0.15) is 0 Å². The Hall–Kier alpha value is -0.930. The van der Waals surface area contributed by atoms with Crippen LogP contribution in [-0.4, -0.2) is 30.7 Å². The van der Waals surface area contributed by atoms with E-state index in [1.807, 2.05) is 12.4 Å². The van der Waals surface area contributed by atoms with Crippen LogP contribution in [0.4, 0.5) is 0 Å².